The van der Waals surface area contributed by atoms with Crippen molar-refractivity contribution in [3.63, 3.8) is 0 Å². The fraction of sp³-hybridized carbons (Fsp3) is 0.538. The van der Waals surface area contributed by atoms with E-state index in [-0.39, 0.29) is 0 Å². The summed E-state index contributed by atoms with van der Waals surface area (Å²) in [5.41, 5.74) is 0. The average molecular weight is 308 g/mol. The summed E-state index contributed by atoms with van der Waals surface area (Å²) in [5, 5.41) is 5.11. The fourth-order valence-corrected chi connectivity index (χ4v) is 2.83. The smallest absolute Gasteiger partial charge is 0.0603 e. The lowest BCUT2D eigenvalue weighted by Gasteiger charge is -2.12. The maximum atomic E-state index is 5.98. The Kier molecular flexibility index (Phi) is 8.11. The van der Waals surface area contributed by atoms with Crippen LogP contribution in [0.1, 0.15) is 13.3 Å². The molecule has 0 spiro atoms. The van der Waals surface area contributed by atoms with Gasteiger partial charge in [0.15, 0.2) is 0 Å². The van der Waals surface area contributed by atoms with Gasteiger partial charge in [0.05, 0.1) is 10.0 Å². The van der Waals surface area contributed by atoms with Crippen LogP contribution in [0.3, 0.4) is 0 Å². The predicted octanol–water partition coefficient (Wildman–Crippen LogP) is 4.10. The van der Waals surface area contributed by atoms with E-state index in [4.69, 9.17) is 27.9 Å². The van der Waals surface area contributed by atoms with Crippen molar-refractivity contribution in [3.8, 4) is 0 Å². The summed E-state index contributed by atoms with van der Waals surface area (Å²) in [5.74, 6) is 0. The van der Waals surface area contributed by atoms with Gasteiger partial charge in [0.1, 0.15) is 0 Å². The summed E-state index contributed by atoms with van der Waals surface area (Å²) in [6, 6.07) is 5.75. The molecule has 0 aliphatic heterocycles. The number of nitrogens with one attached hydrogen (secondary N) is 1. The Morgan fingerprint density at radius 2 is 2.11 bits per heavy atom. The first-order chi connectivity index (χ1) is 8.63. The Hall–Kier alpha value is 0.0700. The van der Waals surface area contributed by atoms with Crippen LogP contribution in [0, 0.1) is 0 Å². The zero-order valence-corrected chi connectivity index (χ0v) is 13.0. The van der Waals surface area contributed by atoms with Gasteiger partial charge >= 0.3 is 0 Å². The zero-order valence-electron chi connectivity index (χ0n) is 10.7. The number of hydrogen-bond donors (Lipinski definition) is 1. The molecule has 0 aliphatic rings. The third-order valence-corrected chi connectivity index (χ3v) is 4.20. The molecule has 0 fully saturated rings. The van der Waals surface area contributed by atoms with Gasteiger partial charge in [-0.05, 0) is 31.2 Å². The van der Waals surface area contributed by atoms with Gasteiger partial charge in [0.2, 0.25) is 0 Å². The molecule has 1 aromatic rings. The molecule has 1 N–H and O–H groups in total. The van der Waals surface area contributed by atoms with Gasteiger partial charge < -0.3 is 10.1 Å². The second-order valence-corrected chi connectivity index (χ2v) is 6.38. The number of halogens is 2. The second-order valence-electron chi connectivity index (χ2n) is 4.05. The van der Waals surface area contributed by atoms with Gasteiger partial charge in [-0.1, -0.05) is 30.1 Å². The van der Waals surface area contributed by atoms with E-state index in [2.05, 4.69) is 12.2 Å². The molecule has 0 aliphatic carbocycles. The molecule has 1 unspecified atom stereocenters. The highest BCUT2D eigenvalue weighted by Gasteiger charge is 2.06. The topological polar surface area (TPSA) is 21.3 Å². The minimum atomic E-state index is 0.491. The molecule has 1 rings (SSSR count). The quantitative estimate of drug-likeness (QED) is 0.577. The van der Waals surface area contributed by atoms with Crippen LogP contribution in [-0.2, 0) is 4.74 Å². The molecular formula is C13H19Cl2NOS. The summed E-state index contributed by atoms with van der Waals surface area (Å²) in [6.07, 6.45) is 1.04. The maximum Gasteiger partial charge on any atom is 0.0603 e. The molecular weight excluding hydrogens is 289 g/mol. The largest absolute Gasteiger partial charge is 0.385 e. The van der Waals surface area contributed by atoms with E-state index in [1.165, 1.54) is 0 Å². The molecule has 0 saturated carbocycles. The number of rotatable bonds is 8. The SMILES string of the molecule is COCCCNCC(C)Sc1ccc(Cl)c(Cl)c1. The van der Waals surface area contributed by atoms with Crippen LogP contribution >= 0.6 is 35.0 Å². The Bertz CT molecular complexity index is 363. The van der Waals surface area contributed by atoms with Gasteiger partial charge in [-0.3, -0.25) is 0 Å². The van der Waals surface area contributed by atoms with Gasteiger partial charge in [0, 0.05) is 30.4 Å². The van der Waals surface area contributed by atoms with E-state index in [9.17, 15) is 0 Å². The number of ether oxygens (including phenoxy) is 1. The van der Waals surface area contributed by atoms with Crippen LogP contribution in [-0.4, -0.2) is 32.1 Å². The van der Waals surface area contributed by atoms with Gasteiger partial charge in [-0.25, -0.2) is 0 Å². The monoisotopic (exact) mass is 307 g/mol. The van der Waals surface area contributed by atoms with Crippen molar-refractivity contribution >= 4 is 35.0 Å². The molecule has 0 saturated heterocycles. The van der Waals surface area contributed by atoms with Gasteiger partial charge in [-0.2, -0.15) is 0 Å². The molecule has 0 bridgehead atoms. The van der Waals surface area contributed by atoms with E-state index in [0.29, 0.717) is 15.3 Å². The lowest BCUT2D eigenvalue weighted by atomic mass is 10.4. The van der Waals surface area contributed by atoms with Crippen LogP contribution in [0.25, 0.3) is 0 Å². The third-order valence-electron chi connectivity index (χ3n) is 2.36. The standard InChI is InChI=1S/C13H19Cl2NOS/c1-10(9-16-6-3-7-17-2)18-11-4-5-12(14)13(15)8-11/h4-5,8,10,16H,3,6-7,9H2,1-2H3. The van der Waals surface area contributed by atoms with E-state index >= 15 is 0 Å². The molecule has 0 aromatic heterocycles. The molecule has 0 heterocycles. The minimum Gasteiger partial charge on any atom is -0.385 e. The molecule has 1 aromatic carbocycles. The van der Waals surface area contributed by atoms with Crippen molar-refractivity contribution in [2.24, 2.45) is 0 Å². The van der Waals surface area contributed by atoms with Crippen molar-refractivity contribution < 1.29 is 4.74 Å². The lowest BCUT2D eigenvalue weighted by molar-refractivity contribution is 0.194. The Labute approximate surface area is 123 Å². The average Bonchev–Trinajstić information content (AvgIpc) is 2.34. The van der Waals surface area contributed by atoms with Crippen molar-refractivity contribution in [1.82, 2.24) is 5.32 Å². The minimum absolute atomic E-state index is 0.491. The number of methoxy groups -OCH3 is 1. The third kappa shape index (κ3) is 6.30. The Balaban J connectivity index is 2.26. The van der Waals surface area contributed by atoms with E-state index in [1.54, 1.807) is 18.9 Å². The van der Waals surface area contributed by atoms with E-state index in [0.717, 1.165) is 31.0 Å². The van der Waals surface area contributed by atoms with Gasteiger partial charge in [-0.15, -0.1) is 11.8 Å². The Morgan fingerprint density at radius 1 is 1.33 bits per heavy atom. The maximum absolute atomic E-state index is 5.98. The van der Waals surface area contributed by atoms with E-state index in [1.807, 2.05) is 18.2 Å². The summed E-state index contributed by atoms with van der Waals surface area (Å²) < 4.78 is 5.00. The van der Waals surface area contributed by atoms with Crippen molar-refractivity contribution in [1.29, 1.82) is 0 Å². The second kappa shape index (κ2) is 9.05. The normalized spacial score (nSPS) is 12.7. The van der Waals surface area contributed by atoms with Crippen molar-refractivity contribution in [2.45, 2.75) is 23.5 Å². The van der Waals surface area contributed by atoms with Crippen LogP contribution in [0.5, 0.6) is 0 Å². The molecule has 1 atom stereocenters. The summed E-state index contributed by atoms with van der Waals surface area (Å²) in [6.45, 7) is 4.95. The van der Waals surface area contributed by atoms with Crippen molar-refractivity contribution in [3.05, 3.63) is 28.2 Å². The number of hydrogen-bond acceptors (Lipinski definition) is 3. The molecule has 5 heteroatoms. The fourth-order valence-electron chi connectivity index (χ4n) is 1.47. The highest BCUT2D eigenvalue weighted by molar-refractivity contribution is 8.00. The predicted molar refractivity (Wildman–Crippen MR) is 81.1 cm³/mol. The van der Waals surface area contributed by atoms with Crippen molar-refractivity contribution in [2.75, 3.05) is 26.8 Å². The first-order valence-electron chi connectivity index (χ1n) is 5.95. The highest BCUT2D eigenvalue weighted by Crippen LogP contribution is 2.29. The summed E-state index contributed by atoms with van der Waals surface area (Å²) in [4.78, 5) is 1.15. The summed E-state index contributed by atoms with van der Waals surface area (Å²) >= 11 is 13.7. The van der Waals surface area contributed by atoms with Crippen LogP contribution in [0.15, 0.2) is 23.1 Å². The van der Waals surface area contributed by atoms with Crippen LogP contribution in [0.4, 0.5) is 0 Å². The number of thioether (sulfide) groups is 1. The summed E-state index contributed by atoms with van der Waals surface area (Å²) in [7, 11) is 1.72. The zero-order chi connectivity index (χ0) is 13.4. The number of benzene rings is 1. The molecule has 0 amide bonds. The Morgan fingerprint density at radius 3 is 2.78 bits per heavy atom. The van der Waals surface area contributed by atoms with E-state index < -0.39 is 0 Å². The highest BCUT2D eigenvalue weighted by atomic mass is 35.5. The van der Waals surface area contributed by atoms with Crippen LogP contribution < -0.4 is 5.32 Å². The molecule has 102 valence electrons. The van der Waals surface area contributed by atoms with Gasteiger partial charge in [0.25, 0.3) is 0 Å². The first kappa shape index (κ1) is 16.1. The first-order valence-corrected chi connectivity index (χ1v) is 7.58. The molecule has 0 radical (unpaired) electrons. The van der Waals surface area contributed by atoms with Crippen LogP contribution in [0.2, 0.25) is 10.0 Å². The molecule has 18 heavy (non-hydrogen) atoms. The molecule has 2 nitrogen and oxygen atoms in total. The lowest BCUT2D eigenvalue weighted by Crippen LogP contribution is -2.24.